The summed E-state index contributed by atoms with van der Waals surface area (Å²) in [4.78, 5) is 22.1. The predicted octanol–water partition coefficient (Wildman–Crippen LogP) is 1.12. The summed E-state index contributed by atoms with van der Waals surface area (Å²) in [6, 6.07) is 8.09. The fraction of sp³-hybridized carbons (Fsp3) is 0.273. The Kier molecular flexibility index (Phi) is 3.85. The molecule has 0 radical (unpaired) electrons. The monoisotopic (exact) mass is 207 g/mol. The molecule has 4 nitrogen and oxygen atoms in total. The van der Waals surface area contributed by atoms with Crippen molar-refractivity contribution in [3.8, 4) is 5.75 Å². The van der Waals surface area contributed by atoms with Gasteiger partial charge in [-0.05, 0) is 19.1 Å². The first kappa shape index (κ1) is 11.2. The lowest BCUT2D eigenvalue weighted by Crippen LogP contribution is -2.39. The quantitative estimate of drug-likeness (QED) is 0.596. The van der Waals surface area contributed by atoms with E-state index in [0.717, 1.165) is 0 Å². The number of hydrogen-bond donors (Lipinski definition) is 1. The summed E-state index contributed by atoms with van der Waals surface area (Å²) in [5.74, 6) is -0.261. The van der Waals surface area contributed by atoms with Crippen molar-refractivity contribution in [1.82, 2.24) is 5.32 Å². The second kappa shape index (κ2) is 5.14. The molecule has 1 aromatic rings. The molecule has 1 rings (SSSR count). The average Bonchev–Trinajstić information content (AvgIpc) is 2.18. The lowest BCUT2D eigenvalue weighted by Gasteiger charge is -2.11. The minimum atomic E-state index is -0.636. The normalized spacial score (nSPS) is 11.6. The number of rotatable bonds is 3. The first-order valence-electron chi connectivity index (χ1n) is 4.63. The summed E-state index contributed by atoms with van der Waals surface area (Å²) in [6.07, 6.45) is 0. The van der Waals surface area contributed by atoms with Crippen LogP contribution < -0.4 is 10.1 Å². The Morgan fingerprint density at radius 1 is 1.27 bits per heavy atom. The van der Waals surface area contributed by atoms with E-state index in [0.29, 0.717) is 5.75 Å². The molecule has 0 saturated carbocycles. The van der Waals surface area contributed by atoms with E-state index in [9.17, 15) is 9.59 Å². The fourth-order valence-electron chi connectivity index (χ4n) is 1.06. The largest absolute Gasteiger partial charge is 0.425 e. The van der Waals surface area contributed by atoms with Gasteiger partial charge in [0.15, 0.2) is 0 Å². The number of ether oxygens (including phenoxy) is 1. The van der Waals surface area contributed by atoms with E-state index in [1.807, 2.05) is 6.07 Å². The third-order valence-corrected chi connectivity index (χ3v) is 1.73. The van der Waals surface area contributed by atoms with Crippen LogP contribution in [0.2, 0.25) is 0 Å². The van der Waals surface area contributed by atoms with Crippen molar-refractivity contribution in [2.24, 2.45) is 0 Å². The topological polar surface area (TPSA) is 55.4 Å². The molecular weight excluding hydrogens is 194 g/mol. The van der Waals surface area contributed by atoms with Crippen molar-refractivity contribution in [3.63, 3.8) is 0 Å². The van der Waals surface area contributed by atoms with Crippen LogP contribution >= 0.6 is 0 Å². The van der Waals surface area contributed by atoms with Crippen LogP contribution in [0.25, 0.3) is 0 Å². The van der Waals surface area contributed by atoms with Crippen molar-refractivity contribution in [2.75, 3.05) is 0 Å². The fourth-order valence-corrected chi connectivity index (χ4v) is 1.06. The molecule has 0 spiro atoms. The molecule has 1 atom stereocenters. The number of benzene rings is 1. The molecule has 0 bridgehead atoms. The van der Waals surface area contributed by atoms with Crippen molar-refractivity contribution < 1.29 is 14.3 Å². The van der Waals surface area contributed by atoms with Gasteiger partial charge in [-0.3, -0.25) is 4.79 Å². The van der Waals surface area contributed by atoms with Crippen molar-refractivity contribution in [3.05, 3.63) is 30.3 Å². The Hall–Kier alpha value is -1.84. The molecule has 0 aromatic heterocycles. The first-order valence-corrected chi connectivity index (χ1v) is 4.63. The highest BCUT2D eigenvalue weighted by atomic mass is 16.5. The maximum atomic E-state index is 11.4. The molecule has 80 valence electrons. The average molecular weight is 207 g/mol. The summed E-state index contributed by atoms with van der Waals surface area (Å²) < 4.78 is 5.02. The van der Waals surface area contributed by atoms with Gasteiger partial charge in [-0.15, -0.1) is 0 Å². The number of para-hydroxylation sites is 1. The molecule has 0 fully saturated rings. The molecule has 15 heavy (non-hydrogen) atoms. The van der Waals surface area contributed by atoms with E-state index in [1.165, 1.54) is 6.92 Å². The van der Waals surface area contributed by atoms with E-state index in [4.69, 9.17) is 4.74 Å². The highest BCUT2D eigenvalue weighted by Gasteiger charge is 2.15. The second-order valence-electron chi connectivity index (χ2n) is 3.16. The van der Waals surface area contributed by atoms with E-state index >= 15 is 0 Å². The van der Waals surface area contributed by atoms with Crippen molar-refractivity contribution in [2.45, 2.75) is 19.9 Å². The molecular formula is C11H13NO3. The van der Waals surface area contributed by atoms with Gasteiger partial charge in [-0.25, -0.2) is 4.79 Å². The van der Waals surface area contributed by atoms with E-state index in [-0.39, 0.29) is 5.91 Å². The maximum absolute atomic E-state index is 11.4. The number of esters is 1. The Balaban J connectivity index is 2.52. The molecule has 1 amide bonds. The van der Waals surface area contributed by atoms with Crippen molar-refractivity contribution >= 4 is 11.9 Å². The van der Waals surface area contributed by atoms with Crippen LogP contribution in [0.15, 0.2) is 30.3 Å². The van der Waals surface area contributed by atoms with Gasteiger partial charge in [0, 0.05) is 6.92 Å². The lowest BCUT2D eigenvalue weighted by atomic mass is 10.3. The van der Waals surface area contributed by atoms with Crippen LogP contribution in [0.3, 0.4) is 0 Å². The van der Waals surface area contributed by atoms with Crippen LogP contribution in [0.4, 0.5) is 0 Å². The minimum Gasteiger partial charge on any atom is -0.425 e. The van der Waals surface area contributed by atoms with E-state index < -0.39 is 12.0 Å². The Labute approximate surface area is 88.2 Å². The molecule has 0 aliphatic carbocycles. The minimum absolute atomic E-state index is 0.257. The van der Waals surface area contributed by atoms with Gasteiger partial charge in [-0.1, -0.05) is 18.2 Å². The number of carbonyl (C=O) groups is 2. The molecule has 0 heterocycles. The third kappa shape index (κ3) is 3.81. The molecule has 0 unspecified atom stereocenters. The Morgan fingerprint density at radius 2 is 1.87 bits per heavy atom. The zero-order valence-electron chi connectivity index (χ0n) is 8.69. The standard InChI is InChI=1S/C11H13NO3/c1-8(12-9(2)13)11(14)15-10-6-4-3-5-7-10/h3-8H,1-2H3,(H,12,13)/t8-/m0/s1. The lowest BCUT2D eigenvalue weighted by molar-refractivity contribution is -0.138. The van der Waals surface area contributed by atoms with Crippen LogP contribution in [0.5, 0.6) is 5.75 Å². The van der Waals surface area contributed by atoms with E-state index in [2.05, 4.69) is 5.32 Å². The zero-order valence-corrected chi connectivity index (χ0v) is 8.69. The van der Waals surface area contributed by atoms with Crippen LogP contribution in [0, 0.1) is 0 Å². The summed E-state index contributed by atoms with van der Waals surface area (Å²) >= 11 is 0. The predicted molar refractivity (Wildman–Crippen MR) is 55.4 cm³/mol. The van der Waals surface area contributed by atoms with Gasteiger partial charge in [0.05, 0.1) is 0 Å². The molecule has 0 aliphatic rings. The summed E-state index contributed by atoms with van der Waals surface area (Å²) in [6.45, 7) is 2.93. The number of carbonyl (C=O) groups excluding carboxylic acids is 2. The van der Waals surface area contributed by atoms with E-state index in [1.54, 1.807) is 31.2 Å². The summed E-state index contributed by atoms with van der Waals surface area (Å²) in [5, 5.41) is 2.45. The summed E-state index contributed by atoms with van der Waals surface area (Å²) in [7, 11) is 0. The first-order chi connectivity index (χ1) is 7.09. The van der Waals surface area contributed by atoms with Gasteiger partial charge in [0.2, 0.25) is 5.91 Å². The molecule has 1 N–H and O–H groups in total. The van der Waals surface area contributed by atoms with Gasteiger partial charge >= 0.3 is 5.97 Å². The number of amides is 1. The SMILES string of the molecule is CC(=O)N[C@@H](C)C(=O)Oc1ccccc1. The smallest absolute Gasteiger partial charge is 0.333 e. The second-order valence-corrected chi connectivity index (χ2v) is 3.16. The van der Waals surface area contributed by atoms with Crippen LogP contribution in [-0.4, -0.2) is 17.9 Å². The van der Waals surface area contributed by atoms with Gasteiger partial charge in [-0.2, -0.15) is 0 Å². The molecule has 4 heteroatoms. The summed E-state index contributed by atoms with van der Waals surface area (Å²) in [5.41, 5.74) is 0. The third-order valence-electron chi connectivity index (χ3n) is 1.73. The molecule has 0 aliphatic heterocycles. The highest BCUT2D eigenvalue weighted by Crippen LogP contribution is 2.09. The van der Waals surface area contributed by atoms with Gasteiger partial charge < -0.3 is 10.1 Å². The highest BCUT2D eigenvalue weighted by molar-refractivity contribution is 5.84. The number of nitrogens with one attached hydrogen (secondary N) is 1. The van der Waals surface area contributed by atoms with Crippen LogP contribution in [0.1, 0.15) is 13.8 Å². The van der Waals surface area contributed by atoms with Crippen molar-refractivity contribution in [1.29, 1.82) is 0 Å². The molecule has 0 saturated heterocycles. The van der Waals surface area contributed by atoms with Crippen LogP contribution in [-0.2, 0) is 9.59 Å². The Bertz CT molecular complexity index is 348. The Morgan fingerprint density at radius 3 is 2.40 bits per heavy atom. The van der Waals surface area contributed by atoms with Gasteiger partial charge in [0.1, 0.15) is 11.8 Å². The van der Waals surface area contributed by atoms with Gasteiger partial charge in [0.25, 0.3) is 0 Å². The zero-order chi connectivity index (χ0) is 11.3. The maximum Gasteiger partial charge on any atom is 0.333 e. The number of hydrogen-bond acceptors (Lipinski definition) is 3. The molecule has 1 aromatic carbocycles.